The van der Waals surface area contributed by atoms with E-state index in [0.29, 0.717) is 22.2 Å². The summed E-state index contributed by atoms with van der Waals surface area (Å²) in [6.07, 6.45) is 0. The molecule has 84 valence electrons. The van der Waals surface area contributed by atoms with Gasteiger partial charge in [-0.15, -0.1) is 0 Å². The SMILES string of the molecule is C=C(C(=O)OC)c1cc(Cl)cc(C2CN2)c1. The summed E-state index contributed by atoms with van der Waals surface area (Å²) in [5.41, 5.74) is 2.11. The molecular formula is C12H12ClNO2. The van der Waals surface area contributed by atoms with Crippen molar-refractivity contribution in [3.63, 3.8) is 0 Å². The van der Waals surface area contributed by atoms with E-state index in [1.165, 1.54) is 7.11 Å². The molecule has 1 aliphatic rings. The average molecular weight is 238 g/mol. The van der Waals surface area contributed by atoms with Crippen molar-refractivity contribution in [2.75, 3.05) is 13.7 Å². The van der Waals surface area contributed by atoms with Gasteiger partial charge in [0, 0.05) is 17.6 Å². The first-order valence-corrected chi connectivity index (χ1v) is 5.31. The summed E-state index contributed by atoms with van der Waals surface area (Å²) in [4.78, 5) is 11.3. The molecule has 1 atom stereocenters. The van der Waals surface area contributed by atoms with Gasteiger partial charge in [-0.1, -0.05) is 18.2 Å². The Bertz CT molecular complexity index is 452. The van der Waals surface area contributed by atoms with E-state index in [0.717, 1.165) is 12.1 Å². The lowest BCUT2D eigenvalue weighted by Crippen LogP contribution is -2.03. The fraction of sp³-hybridized carbons (Fsp3) is 0.250. The minimum absolute atomic E-state index is 0.326. The van der Waals surface area contributed by atoms with Crippen LogP contribution in [0.15, 0.2) is 24.8 Å². The predicted molar refractivity (Wildman–Crippen MR) is 63.2 cm³/mol. The molecule has 1 aliphatic heterocycles. The first kappa shape index (κ1) is 11.2. The van der Waals surface area contributed by atoms with Crippen LogP contribution in [0, 0.1) is 0 Å². The number of nitrogens with one attached hydrogen (secondary N) is 1. The number of hydrogen-bond acceptors (Lipinski definition) is 3. The zero-order chi connectivity index (χ0) is 11.7. The van der Waals surface area contributed by atoms with E-state index in [1.54, 1.807) is 6.07 Å². The van der Waals surface area contributed by atoms with E-state index >= 15 is 0 Å². The second-order valence-electron chi connectivity index (χ2n) is 3.70. The van der Waals surface area contributed by atoms with Crippen molar-refractivity contribution in [3.05, 3.63) is 40.9 Å². The highest BCUT2D eigenvalue weighted by Gasteiger charge is 2.23. The smallest absolute Gasteiger partial charge is 0.337 e. The molecule has 1 aromatic rings. The summed E-state index contributed by atoms with van der Waals surface area (Å²) in [7, 11) is 1.33. The first-order valence-electron chi connectivity index (χ1n) is 4.93. The van der Waals surface area contributed by atoms with Crippen LogP contribution >= 0.6 is 11.6 Å². The summed E-state index contributed by atoms with van der Waals surface area (Å²) >= 11 is 5.99. The summed E-state index contributed by atoms with van der Waals surface area (Å²) in [5.74, 6) is -0.433. The molecule has 0 spiro atoms. The molecule has 0 aliphatic carbocycles. The van der Waals surface area contributed by atoms with Crippen molar-refractivity contribution in [1.82, 2.24) is 5.32 Å². The third kappa shape index (κ3) is 2.26. The lowest BCUT2D eigenvalue weighted by Gasteiger charge is -2.07. The Morgan fingerprint density at radius 1 is 1.56 bits per heavy atom. The van der Waals surface area contributed by atoms with Crippen molar-refractivity contribution in [2.24, 2.45) is 0 Å². The van der Waals surface area contributed by atoms with Crippen LogP contribution in [0.3, 0.4) is 0 Å². The van der Waals surface area contributed by atoms with E-state index in [2.05, 4.69) is 16.6 Å². The van der Waals surface area contributed by atoms with Crippen molar-refractivity contribution in [1.29, 1.82) is 0 Å². The Kier molecular flexibility index (Phi) is 2.99. The van der Waals surface area contributed by atoms with Gasteiger partial charge in [0.25, 0.3) is 0 Å². The number of carbonyl (C=O) groups is 1. The molecule has 1 unspecified atom stereocenters. The van der Waals surface area contributed by atoms with Gasteiger partial charge in [0.2, 0.25) is 0 Å². The van der Waals surface area contributed by atoms with Crippen molar-refractivity contribution in [3.8, 4) is 0 Å². The van der Waals surface area contributed by atoms with Crippen LogP contribution in [0.25, 0.3) is 5.57 Å². The van der Waals surface area contributed by atoms with Crippen LogP contribution in [0.1, 0.15) is 17.2 Å². The van der Waals surface area contributed by atoms with Gasteiger partial charge in [-0.05, 0) is 29.3 Å². The summed E-state index contributed by atoms with van der Waals surface area (Å²) in [6.45, 7) is 4.65. The minimum Gasteiger partial charge on any atom is -0.465 e. The largest absolute Gasteiger partial charge is 0.465 e. The molecule has 3 nitrogen and oxygen atoms in total. The van der Waals surface area contributed by atoms with Gasteiger partial charge in [0.1, 0.15) is 0 Å². The Morgan fingerprint density at radius 3 is 2.81 bits per heavy atom. The molecule has 0 saturated carbocycles. The second-order valence-corrected chi connectivity index (χ2v) is 4.14. The van der Waals surface area contributed by atoms with Gasteiger partial charge in [-0.3, -0.25) is 0 Å². The lowest BCUT2D eigenvalue weighted by molar-refractivity contribution is -0.133. The molecule has 1 saturated heterocycles. The monoisotopic (exact) mass is 237 g/mol. The van der Waals surface area contributed by atoms with E-state index in [4.69, 9.17) is 11.6 Å². The molecule has 1 aromatic carbocycles. The molecular weight excluding hydrogens is 226 g/mol. The maximum absolute atomic E-state index is 11.3. The average Bonchev–Trinajstić information content (AvgIpc) is 3.10. The Balaban J connectivity index is 2.33. The number of hydrogen-bond donors (Lipinski definition) is 1. The van der Waals surface area contributed by atoms with Crippen LogP contribution in [0.5, 0.6) is 0 Å². The number of benzene rings is 1. The fourth-order valence-corrected chi connectivity index (χ4v) is 1.77. The summed E-state index contributed by atoms with van der Waals surface area (Å²) in [6, 6.07) is 5.87. The summed E-state index contributed by atoms with van der Waals surface area (Å²) < 4.78 is 4.63. The molecule has 1 fully saturated rings. The van der Waals surface area contributed by atoms with E-state index < -0.39 is 5.97 Å². The zero-order valence-corrected chi connectivity index (χ0v) is 9.67. The number of methoxy groups -OCH3 is 1. The number of halogens is 1. The standard InChI is InChI=1S/C12H12ClNO2/c1-7(12(15)16-2)8-3-9(11-6-14-11)5-10(13)4-8/h3-5,11,14H,1,6H2,2H3. The van der Waals surface area contributed by atoms with Crippen molar-refractivity contribution >= 4 is 23.1 Å². The maximum Gasteiger partial charge on any atom is 0.337 e. The van der Waals surface area contributed by atoms with Gasteiger partial charge in [-0.2, -0.15) is 0 Å². The molecule has 16 heavy (non-hydrogen) atoms. The minimum atomic E-state index is -0.433. The normalized spacial score (nSPS) is 18.0. The molecule has 4 heteroatoms. The van der Waals surface area contributed by atoms with Crippen LogP contribution in [-0.4, -0.2) is 19.6 Å². The number of rotatable bonds is 3. The quantitative estimate of drug-likeness (QED) is 0.498. The highest BCUT2D eigenvalue weighted by Crippen LogP contribution is 2.28. The van der Waals surface area contributed by atoms with Gasteiger partial charge in [0.15, 0.2) is 0 Å². The van der Waals surface area contributed by atoms with Gasteiger partial charge >= 0.3 is 5.97 Å². The molecule has 1 heterocycles. The molecule has 2 rings (SSSR count). The zero-order valence-electron chi connectivity index (χ0n) is 8.92. The number of ether oxygens (including phenoxy) is 1. The van der Waals surface area contributed by atoms with Crippen molar-refractivity contribution < 1.29 is 9.53 Å². The topological polar surface area (TPSA) is 48.2 Å². The van der Waals surface area contributed by atoms with Gasteiger partial charge in [-0.25, -0.2) is 4.79 Å². The van der Waals surface area contributed by atoms with Crippen LogP contribution in [0.4, 0.5) is 0 Å². The molecule has 0 amide bonds. The van der Waals surface area contributed by atoms with Crippen LogP contribution in [-0.2, 0) is 9.53 Å². The highest BCUT2D eigenvalue weighted by atomic mass is 35.5. The third-order valence-corrected chi connectivity index (χ3v) is 2.73. The fourth-order valence-electron chi connectivity index (χ4n) is 1.52. The second kappa shape index (κ2) is 4.28. The molecule has 0 aromatic heterocycles. The van der Waals surface area contributed by atoms with E-state index in [9.17, 15) is 4.79 Å². The number of esters is 1. The lowest BCUT2D eigenvalue weighted by atomic mass is 10.0. The van der Waals surface area contributed by atoms with Crippen LogP contribution < -0.4 is 5.32 Å². The third-order valence-electron chi connectivity index (χ3n) is 2.51. The maximum atomic E-state index is 11.3. The Labute approximate surface area is 99.1 Å². The Hall–Kier alpha value is -1.32. The van der Waals surface area contributed by atoms with Gasteiger partial charge < -0.3 is 10.1 Å². The molecule has 0 radical (unpaired) electrons. The van der Waals surface area contributed by atoms with E-state index in [1.807, 2.05) is 12.1 Å². The summed E-state index contributed by atoms with van der Waals surface area (Å²) in [5, 5.41) is 3.79. The Morgan fingerprint density at radius 2 is 2.25 bits per heavy atom. The molecule has 0 bridgehead atoms. The van der Waals surface area contributed by atoms with Gasteiger partial charge in [0.05, 0.1) is 12.7 Å². The predicted octanol–water partition coefficient (Wildman–Crippen LogP) is 2.17. The highest BCUT2D eigenvalue weighted by molar-refractivity contribution is 6.31. The number of carbonyl (C=O) groups excluding carboxylic acids is 1. The molecule has 1 N–H and O–H groups in total. The van der Waals surface area contributed by atoms with E-state index in [-0.39, 0.29) is 0 Å². The van der Waals surface area contributed by atoms with Crippen molar-refractivity contribution in [2.45, 2.75) is 6.04 Å². The first-order chi connectivity index (χ1) is 7.61. The van der Waals surface area contributed by atoms with Crippen LogP contribution in [0.2, 0.25) is 5.02 Å².